The van der Waals surface area contributed by atoms with Gasteiger partial charge in [0, 0.05) is 11.4 Å². The summed E-state index contributed by atoms with van der Waals surface area (Å²) in [6, 6.07) is 0. The minimum absolute atomic E-state index is 0.0101. The lowest BCUT2D eigenvalue weighted by Gasteiger charge is -2.36. The fourth-order valence-electron chi connectivity index (χ4n) is 2.69. The van der Waals surface area contributed by atoms with E-state index in [1.54, 1.807) is 0 Å². The Bertz CT molecular complexity index is 951. The first-order chi connectivity index (χ1) is 15.0. The van der Waals surface area contributed by atoms with E-state index in [-0.39, 0.29) is 13.8 Å². The molecule has 1 rings (SSSR count). The Morgan fingerprint density at radius 3 is 0.886 bits per heavy atom. The molecule has 0 aliphatic rings. The minimum Gasteiger partial charge on any atom is -0.362 e. The largest absolute Gasteiger partial charge is 0.460 e. The third kappa shape index (κ3) is 3.99. The van der Waals surface area contributed by atoms with Crippen molar-refractivity contribution in [3.8, 4) is 0 Å². The van der Waals surface area contributed by atoms with Gasteiger partial charge in [-0.25, -0.2) is 0 Å². The molecule has 0 saturated heterocycles. The number of aryl methyl sites for hydroxylation is 2. The number of hydrogen-bond acceptors (Lipinski definition) is 1. The molecule has 1 N–H and O–H groups in total. The molecule has 35 heavy (non-hydrogen) atoms. The summed E-state index contributed by atoms with van der Waals surface area (Å²) >= 11 is 0. The Morgan fingerprint density at radius 2 is 0.686 bits per heavy atom. The van der Waals surface area contributed by atoms with Crippen molar-refractivity contribution in [2.24, 2.45) is 0 Å². The predicted octanol–water partition coefficient (Wildman–Crippen LogP) is 6.84. The summed E-state index contributed by atoms with van der Waals surface area (Å²) in [7, 11) is 0. The van der Waals surface area contributed by atoms with Crippen molar-refractivity contribution < 1.29 is 79.0 Å². The highest BCUT2D eigenvalue weighted by atomic mass is 19.4. The van der Waals surface area contributed by atoms with Crippen molar-refractivity contribution in [2.45, 2.75) is 61.7 Å². The number of alkyl halides is 18. The van der Waals surface area contributed by atoms with Crippen LogP contribution in [-0.4, -0.2) is 41.0 Å². The Morgan fingerprint density at radius 1 is 0.457 bits per heavy atom. The molecular weight excluding hydrogens is 552 g/mol. The van der Waals surface area contributed by atoms with Crippen LogP contribution in [0.5, 0.6) is 0 Å². The molecule has 20 heteroatoms. The number of nitrogens with one attached hydrogen (secondary N) is 1. The van der Waals surface area contributed by atoms with Crippen molar-refractivity contribution in [1.82, 2.24) is 4.98 Å². The van der Waals surface area contributed by atoms with E-state index >= 15 is 0 Å². The summed E-state index contributed by atoms with van der Waals surface area (Å²) in [6.45, 7) is -0.0202. The lowest BCUT2D eigenvalue weighted by atomic mass is 9.89. The molecule has 0 aliphatic heterocycles. The lowest BCUT2D eigenvalue weighted by Crippen LogP contribution is -2.62. The van der Waals surface area contributed by atoms with Gasteiger partial charge in [0.05, 0.1) is 11.1 Å². The molecule has 0 aromatic carbocycles. The van der Waals surface area contributed by atoms with Crippen molar-refractivity contribution in [3.63, 3.8) is 0 Å². The van der Waals surface area contributed by atoms with E-state index in [4.69, 9.17) is 0 Å². The van der Waals surface area contributed by atoms with Crippen molar-refractivity contribution >= 4 is 0 Å². The summed E-state index contributed by atoms with van der Waals surface area (Å²) in [4.78, 5) is 13.1. The molecule has 0 amide bonds. The van der Waals surface area contributed by atoms with E-state index < -0.39 is 75.8 Å². The SMILES string of the molecule is Cc1[nH]c(C)c(C(F)(F)C(F)(F)C(F)(F)C(F)(F)F)c(=O)c1C(F)(F)C(F)(F)C(F)(F)C(F)(F)F. The molecule has 0 atom stereocenters. The fourth-order valence-corrected chi connectivity index (χ4v) is 2.69. The predicted molar refractivity (Wildman–Crippen MR) is 76.2 cm³/mol. The second-order valence-corrected chi connectivity index (χ2v) is 6.90. The maximum atomic E-state index is 14.2. The summed E-state index contributed by atoms with van der Waals surface area (Å²) in [6.07, 6.45) is -14.9. The molecular formula is C15H7F18NO. The number of aromatic amines is 1. The number of pyridine rings is 1. The van der Waals surface area contributed by atoms with Gasteiger partial charge in [-0.15, -0.1) is 0 Å². The third-order valence-corrected chi connectivity index (χ3v) is 4.50. The monoisotopic (exact) mass is 559 g/mol. The molecule has 0 fully saturated rings. The molecule has 0 bridgehead atoms. The number of halogens is 18. The van der Waals surface area contributed by atoms with E-state index in [9.17, 15) is 83.8 Å². The molecule has 204 valence electrons. The Balaban J connectivity index is 4.10. The Labute approximate surface area is 179 Å². The highest BCUT2D eigenvalue weighted by Gasteiger charge is 2.84. The maximum absolute atomic E-state index is 14.2. The van der Waals surface area contributed by atoms with Gasteiger partial charge in [0.1, 0.15) is 0 Å². The molecule has 0 unspecified atom stereocenters. The van der Waals surface area contributed by atoms with Gasteiger partial charge in [-0.2, -0.15) is 79.0 Å². The van der Waals surface area contributed by atoms with Crippen molar-refractivity contribution in [3.05, 3.63) is 32.7 Å². The van der Waals surface area contributed by atoms with Crippen LogP contribution in [0.3, 0.4) is 0 Å². The van der Waals surface area contributed by atoms with Crippen LogP contribution in [0.4, 0.5) is 79.0 Å². The maximum Gasteiger partial charge on any atom is 0.460 e. The summed E-state index contributed by atoms with van der Waals surface area (Å²) in [5, 5.41) is 0. The van der Waals surface area contributed by atoms with Gasteiger partial charge in [0.2, 0.25) is 5.43 Å². The first kappa shape index (κ1) is 30.7. The molecule has 1 heterocycles. The van der Waals surface area contributed by atoms with Gasteiger partial charge in [-0.3, -0.25) is 4.79 Å². The highest BCUT2D eigenvalue weighted by Crippen LogP contribution is 2.58. The number of aromatic nitrogens is 1. The van der Waals surface area contributed by atoms with Crippen LogP contribution < -0.4 is 5.43 Å². The second-order valence-electron chi connectivity index (χ2n) is 6.90. The molecule has 0 aliphatic carbocycles. The zero-order valence-electron chi connectivity index (χ0n) is 16.2. The van der Waals surface area contributed by atoms with Gasteiger partial charge in [0.25, 0.3) is 0 Å². The minimum atomic E-state index is -7.71. The Hall–Kier alpha value is -2.31. The van der Waals surface area contributed by atoms with E-state index in [1.807, 2.05) is 0 Å². The first-order valence-corrected chi connectivity index (χ1v) is 8.11. The zero-order chi connectivity index (χ0) is 28.6. The molecule has 0 radical (unpaired) electrons. The topological polar surface area (TPSA) is 32.9 Å². The van der Waals surface area contributed by atoms with Gasteiger partial charge in [0.15, 0.2) is 0 Å². The standard InChI is InChI=1S/C15H7F18NO/c1-3-5(8(16,17)10(20,21)12(24,25)14(28,29)30)7(35)6(4(2)34-3)9(18,19)11(22,23)13(26,27)15(31,32)33/h1-2H3,(H,34,35). The van der Waals surface area contributed by atoms with E-state index in [0.717, 1.165) is 4.98 Å². The Kier molecular flexibility index (Phi) is 6.88. The first-order valence-electron chi connectivity index (χ1n) is 8.11. The van der Waals surface area contributed by atoms with Crippen LogP contribution in [0.1, 0.15) is 22.5 Å². The van der Waals surface area contributed by atoms with Crippen molar-refractivity contribution in [1.29, 1.82) is 0 Å². The van der Waals surface area contributed by atoms with Crippen LogP contribution in [-0.2, 0) is 11.8 Å². The molecule has 0 saturated carbocycles. The number of rotatable bonds is 6. The van der Waals surface area contributed by atoms with Gasteiger partial charge >= 0.3 is 47.9 Å². The van der Waals surface area contributed by atoms with Crippen LogP contribution in [0.15, 0.2) is 4.79 Å². The lowest BCUT2D eigenvalue weighted by molar-refractivity contribution is -0.401. The van der Waals surface area contributed by atoms with Crippen LogP contribution in [0.25, 0.3) is 0 Å². The van der Waals surface area contributed by atoms with Gasteiger partial charge < -0.3 is 4.98 Å². The molecule has 1 aromatic rings. The van der Waals surface area contributed by atoms with E-state index in [2.05, 4.69) is 0 Å². The van der Waals surface area contributed by atoms with E-state index in [0.29, 0.717) is 0 Å². The van der Waals surface area contributed by atoms with Gasteiger partial charge in [-0.1, -0.05) is 0 Å². The van der Waals surface area contributed by atoms with Crippen LogP contribution in [0.2, 0.25) is 0 Å². The van der Waals surface area contributed by atoms with E-state index in [1.165, 1.54) is 0 Å². The fraction of sp³-hybridized carbons (Fsp3) is 0.667. The molecule has 1 aromatic heterocycles. The molecule has 2 nitrogen and oxygen atoms in total. The van der Waals surface area contributed by atoms with Gasteiger partial charge in [-0.05, 0) is 13.8 Å². The second kappa shape index (κ2) is 7.84. The normalized spacial score (nSPS) is 15.5. The van der Waals surface area contributed by atoms with Crippen LogP contribution >= 0.6 is 0 Å². The zero-order valence-corrected chi connectivity index (χ0v) is 16.2. The van der Waals surface area contributed by atoms with Crippen molar-refractivity contribution in [2.75, 3.05) is 0 Å². The average Bonchev–Trinajstić information content (AvgIpc) is 2.57. The number of hydrogen-bond donors (Lipinski definition) is 1. The third-order valence-electron chi connectivity index (χ3n) is 4.50. The quantitative estimate of drug-likeness (QED) is 0.381. The average molecular weight is 559 g/mol. The smallest absolute Gasteiger partial charge is 0.362 e. The highest BCUT2D eigenvalue weighted by molar-refractivity contribution is 5.38. The van der Waals surface area contributed by atoms with Crippen LogP contribution in [0, 0.1) is 13.8 Å². The number of H-pyrrole nitrogens is 1. The summed E-state index contributed by atoms with van der Waals surface area (Å²) in [5.74, 6) is -45.1. The summed E-state index contributed by atoms with van der Waals surface area (Å²) in [5.41, 5.74) is -14.4. The molecule has 0 spiro atoms. The summed E-state index contributed by atoms with van der Waals surface area (Å²) < 4.78 is 237.